The zero-order chi connectivity index (χ0) is 19.4. The Hall–Kier alpha value is -3.20. The Balaban J connectivity index is 1.62. The molecule has 0 spiro atoms. The van der Waals surface area contributed by atoms with Crippen molar-refractivity contribution in [3.05, 3.63) is 48.2 Å². The standard InChI is InChI=1S/C18H19N3O6/c1-11(23)26-13-9-16(27-14(13)10-22)21-8-7-15(20-18(21)25)19-17(24)12-5-3-2-4-6-12/h2-8,10,13-16H,9H2,1H3,(H,19,24)(H,20,25)/t13-,14+,15?,16+/m0/s1. The molecule has 2 aliphatic rings. The number of carbonyl (C=O) groups is 4. The van der Waals surface area contributed by atoms with E-state index in [2.05, 4.69) is 10.6 Å². The van der Waals surface area contributed by atoms with Gasteiger partial charge in [-0.05, 0) is 18.2 Å². The van der Waals surface area contributed by atoms with E-state index in [1.165, 1.54) is 18.0 Å². The molecule has 1 aromatic rings. The van der Waals surface area contributed by atoms with Crippen LogP contribution in [0.5, 0.6) is 0 Å². The maximum Gasteiger partial charge on any atom is 0.325 e. The van der Waals surface area contributed by atoms with Gasteiger partial charge >= 0.3 is 12.0 Å². The molecule has 1 unspecified atom stereocenters. The number of carbonyl (C=O) groups excluding carboxylic acids is 4. The van der Waals surface area contributed by atoms with Crippen LogP contribution in [0.3, 0.4) is 0 Å². The van der Waals surface area contributed by atoms with Gasteiger partial charge in [0, 0.05) is 25.1 Å². The van der Waals surface area contributed by atoms with Crippen molar-refractivity contribution < 1.29 is 28.7 Å². The molecule has 1 fully saturated rings. The zero-order valence-electron chi connectivity index (χ0n) is 14.5. The van der Waals surface area contributed by atoms with E-state index < -0.39 is 36.6 Å². The Kier molecular flexibility index (Phi) is 5.51. The molecule has 4 atom stereocenters. The van der Waals surface area contributed by atoms with Gasteiger partial charge in [-0.25, -0.2) is 4.79 Å². The first kappa shape index (κ1) is 18.6. The number of benzene rings is 1. The van der Waals surface area contributed by atoms with E-state index in [1.54, 1.807) is 36.4 Å². The summed E-state index contributed by atoms with van der Waals surface area (Å²) in [5.41, 5.74) is 0.472. The number of hydrogen-bond donors (Lipinski definition) is 2. The summed E-state index contributed by atoms with van der Waals surface area (Å²) >= 11 is 0. The molecule has 2 N–H and O–H groups in total. The van der Waals surface area contributed by atoms with Gasteiger partial charge in [0.05, 0.1) is 0 Å². The highest BCUT2D eigenvalue weighted by Gasteiger charge is 2.42. The van der Waals surface area contributed by atoms with Crippen molar-refractivity contribution in [1.82, 2.24) is 15.5 Å². The van der Waals surface area contributed by atoms with Gasteiger partial charge in [-0.3, -0.25) is 14.5 Å². The van der Waals surface area contributed by atoms with Crippen LogP contribution in [0, 0.1) is 0 Å². The number of aldehydes is 1. The van der Waals surface area contributed by atoms with Crippen LogP contribution in [0.1, 0.15) is 23.7 Å². The second-order valence-electron chi connectivity index (χ2n) is 6.09. The van der Waals surface area contributed by atoms with Gasteiger partial charge in [-0.2, -0.15) is 0 Å². The number of hydrogen-bond acceptors (Lipinski definition) is 6. The van der Waals surface area contributed by atoms with Crippen molar-refractivity contribution in [2.24, 2.45) is 0 Å². The topological polar surface area (TPSA) is 114 Å². The molecule has 27 heavy (non-hydrogen) atoms. The van der Waals surface area contributed by atoms with Crippen LogP contribution in [0.25, 0.3) is 0 Å². The second-order valence-corrected chi connectivity index (χ2v) is 6.09. The van der Waals surface area contributed by atoms with E-state index in [9.17, 15) is 19.2 Å². The molecule has 0 aromatic heterocycles. The fraction of sp³-hybridized carbons (Fsp3) is 0.333. The number of ether oxygens (including phenoxy) is 2. The Morgan fingerprint density at radius 3 is 2.70 bits per heavy atom. The molecule has 3 amide bonds. The molecule has 0 bridgehead atoms. The third kappa shape index (κ3) is 4.32. The quantitative estimate of drug-likeness (QED) is 0.575. The monoisotopic (exact) mass is 373 g/mol. The number of nitrogens with zero attached hydrogens (tertiary/aromatic N) is 1. The van der Waals surface area contributed by atoms with Crippen LogP contribution >= 0.6 is 0 Å². The first-order valence-electron chi connectivity index (χ1n) is 8.39. The molecular weight excluding hydrogens is 354 g/mol. The van der Waals surface area contributed by atoms with Gasteiger partial charge in [0.1, 0.15) is 18.5 Å². The lowest BCUT2D eigenvalue weighted by atomic mass is 10.2. The highest BCUT2D eigenvalue weighted by atomic mass is 16.6. The average molecular weight is 373 g/mol. The van der Waals surface area contributed by atoms with Gasteiger partial charge in [0.2, 0.25) is 0 Å². The molecule has 9 heteroatoms. The normalized spacial score (nSPS) is 27.0. The van der Waals surface area contributed by atoms with Gasteiger partial charge in [-0.15, -0.1) is 0 Å². The predicted octanol–water partition coefficient (Wildman–Crippen LogP) is 0.527. The summed E-state index contributed by atoms with van der Waals surface area (Å²) in [5, 5.41) is 5.31. The van der Waals surface area contributed by atoms with Crippen molar-refractivity contribution in [2.45, 2.75) is 37.9 Å². The summed E-state index contributed by atoms with van der Waals surface area (Å²) in [4.78, 5) is 48.0. The third-order valence-corrected chi connectivity index (χ3v) is 4.15. The number of rotatable bonds is 5. The largest absolute Gasteiger partial charge is 0.459 e. The van der Waals surface area contributed by atoms with Crippen LogP contribution in [0.2, 0.25) is 0 Å². The summed E-state index contributed by atoms with van der Waals surface area (Å²) in [5.74, 6) is -0.856. The molecular formula is C18H19N3O6. The fourth-order valence-corrected chi connectivity index (χ4v) is 2.91. The lowest BCUT2D eigenvalue weighted by molar-refractivity contribution is -0.150. The van der Waals surface area contributed by atoms with Crippen molar-refractivity contribution in [3.63, 3.8) is 0 Å². The Morgan fingerprint density at radius 2 is 2.07 bits per heavy atom. The lowest BCUT2D eigenvalue weighted by Gasteiger charge is -2.31. The molecule has 3 rings (SSSR count). The van der Waals surface area contributed by atoms with Gasteiger partial charge in [0.25, 0.3) is 5.91 Å². The first-order chi connectivity index (χ1) is 13.0. The molecule has 1 aromatic carbocycles. The SMILES string of the molecule is CC(=O)O[C@H]1C[C@H](N2C=CC(NC(=O)c3ccccc3)NC2=O)O[C@@H]1C=O. The zero-order valence-corrected chi connectivity index (χ0v) is 14.5. The molecule has 2 aliphatic heterocycles. The van der Waals surface area contributed by atoms with Crippen molar-refractivity contribution in [2.75, 3.05) is 0 Å². The second kappa shape index (κ2) is 8.00. The smallest absolute Gasteiger partial charge is 0.325 e. The highest BCUT2D eigenvalue weighted by molar-refractivity contribution is 5.94. The summed E-state index contributed by atoms with van der Waals surface area (Å²) < 4.78 is 10.6. The van der Waals surface area contributed by atoms with Crippen LogP contribution in [0.4, 0.5) is 4.79 Å². The average Bonchev–Trinajstić information content (AvgIpc) is 3.04. The van der Waals surface area contributed by atoms with Crippen LogP contribution in [-0.4, -0.2) is 53.7 Å². The maximum atomic E-state index is 12.4. The van der Waals surface area contributed by atoms with Gasteiger partial charge < -0.3 is 24.9 Å². The summed E-state index contributed by atoms with van der Waals surface area (Å²) in [6, 6.07) is 8.11. The van der Waals surface area contributed by atoms with E-state index >= 15 is 0 Å². The van der Waals surface area contributed by atoms with Crippen LogP contribution in [0.15, 0.2) is 42.6 Å². The number of urea groups is 1. The van der Waals surface area contributed by atoms with E-state index in [4.69, 9.17) is 9.47 Å². The number of esters is 1. The lowest BCUT2D eigenvalue weighted by Crippen LogP contribution is -2.55. The van der Waals surface area contributed by atoms with Gasteiger partial charge in [-0.1, -0.05) is 18.2 Å². The molecule has 0 saturated carbocycles. The van der Waals surface area contributed by atoms with E-state index in [0.29, 0.717) is 11.8 Å². The Morgan fingerprint density at radius 1 is 1.33 bits per heavy atom. The first-order valence-corrected chi connectivity index (χ1v) is 8.39. The minimum absolute atomic E-state index is 0.168. The van der Waals surface area contributed by atoms with Crippen molar-refractivity contribution in [3.8, 4) is 0 Å². The highest BCUT2D eigenvalue weighted by Crippen LogP contribution is 2.26. The Labute approximate surface area is 155 Å². The van der Waals surface area contributed by atoms with E-state index in [0.717, 1.165) is 0 Å². The van der Waals surface area contributed by atoms with Gasteiger partial charge in [0.15, 0.2) is 12.4 Å². The molecule has 1 saturated heterocycles. The summed E-state index contributed by atoms with van der Waals surface area (Å²) in [6.07, 6.45) is 0.639. The molecule has 2 heterocycles. The minimum atomic E-state index is -0.935. The van der Waals surface area contributed by atoms with Crippen LogP contribution in [-0.2, 0) is 19.1 Å². The predicted molar refractivity (Wildman–Crippen MR) is 92.1 cm³/mol. The van der Waals surface area contributed by atoms with E-state index in [1.807, 2.05) is 0 Å². The summed E-state index contributed by atoms with van der Waals surface area (Å²) in [6.45, 7) is 1.24. The molecule has 0 aliphatic carbocycles. The Bertz CT molecular complexity index is 766. The number of amides is 3. The number of nitrogens with one attached hydrogen (secondary N) is 2. The maximum absolute atomic E-state index is 12.4. The minimum Gasteiger partial charge on any atom is -0.459 e. The summed E-state index contributed by atoms with van der Waals surface area (Å²) in [7, 11) is 0. The molecule has 0 radical (unpaired) electrons. The van der Waals surface area contributed by atoms with Crippen LogP contribution < -0.4 is 10.6 Å². The van der Waals surface area contributed by atoms with Crippen molar-refractivity contribution >= 4 is 24.2 Å². The molecule has 9 nitrogen and oxygen atoms in total. The van der Waals surface area contributed by atoms with Crippen molar-refractivity contribution in [1.29, 1.82) is 0 Å². The fourth-order valence-electron chi connectivity index (χ4n) is 2.91. The van der Waals surface area contributed by atoms with E-state index in [-0.39, 0.29) is 12.3 Å². The molecule has 142 valence electrons. The third-order valence-electron chi connectivity index (χ3n) is 4.15.